The molecule has 138 valence electrons. The van der Waals surface area contributed by atoms with Crippen LogP contribution in [0, 0.1) is 0 Å². The molecular formula is C18H25NO5S. The Balaban J connectivity index is 1.94. The first kappa shape index (κ1) is 18.0. The number of hydrogen-bond acceptors (Lipinski definition) is 5. The van der Waals surface area contributed by atoms with Gasteiger partial charge in [-0.2, -0.15) is 0 Å². The van der Waals surface area contributed by atoms with Crippen LogP contribution in [-0.4, -0.2) is 57.0 Å². The SMILES string of the molecule is COc1cc(OC)cc(C(=O)N(C2CCCC2)[C@@H]2CCS(=O)(=O)C2)c1. The van der Waals surface area contributed by atoms with Crippen LogP contribution in [0.5, 0.6) is 11.5 Å². The van der Waals surface area contributed by atoms with Gasteiger partial charge < -0.3 is 14.4 Å². The van der Waals surface area contributed by atoms with Crippen LogP contribution in [-0.2, 0) is 9.84 Å². The molecule has 7 heteroatoms. The van der Waals surface area contributed by atoms with Crippen LogP contribution >= 0.6 is 0 Å². The van der Waals surface area contributed by atoms with Crippen molar-refractivity contribution in [3.05, 3.63) is 23.8 Å². The van der Waals surface area contributed by atoms with Gasteiger partial charge in [-0.25, -0.2) is 8.42 Å². The molecular weight excluding hydrogens is 342 g/mol. The van der Waals surface area contributed by atoms with Gasteiger partial charge >= 0.3 is 0 Å². The van der Waals surface area contributed by atoms with Gasteiger partial charge in [0.1, 0.15) is 11.5 Å². The standard InChI is InChI=1S/C18H25NO5S/c1-23-16-9-13(10-17(11-16)24-2)18(20)19(14-5-3-4-6-14)15-7-8-25(21,22)12-15/h9-11,14-15H,3-8,12H2,1-2H3/t15-/m1/s1. The Kier molecular flexibility index (Phi) is 5.22. The highest BCUT2D eigenvalue weighted by molar-refractivity contribution is 7.91. The van der Waals surface area contributed by atoms with E-state index in [2.05, 4.69) is 0 Å². The summed E-state index contributed by atoms with van der Waals surface area (Å²) in [6, 6.07) is 4.98. The monoisotopic (exact) mass is 367 g/mol. The molecule has 0 bridgehead atoms. The fourth-order valence-electron chi connectivity index (χ4n) is 3.89. The molecule has 0 spiro atoms. The first-order valence-electron chi connectivity index (χ1n) is 8.69. The topological polar surface area (TPSA) is 72.9 Å². The zero-order valence-corrected chi connectivity index (χ0v) is 15.5. The molecule has 0 radical (unpaired) electrons. The summed E-state index contributed by atoms with van der Waals surface area (Å²) in [6.45, 7) is 0. The van der Waals surface area contributed by atoms with E-state index in [4.69, 9.17) is 9.47 Å². The predicted octanol–water partition coefficient (Wildman–Crippen LogP) is 2.28. The molecule has 3 rings (SSSR count). The Morgan fingerprint density at radius 3 is 2.08 bits per heavy atom. The van der Waals surface area contributed by atoms with Crippen molar-refractivity contribution in [2.24, 2.45) is 0 Å². The zero-order chi connectivity index (χ0) is 18.0. The number of carbonyl (C=O) groups is 1. The van der Waals surface area contributed by atoms with E-state index >= 15 is 0 Å². The van der Waals surface area contributed by atoms with Gasteiger partial charge in [-0.1, -0.05) is 12.8 Å². The van der Waals surface area contributed by atoms with Crippen LogP contribution in [0.3, 0.4) is 0 Å². The Hall–Kier alpha value is -1.76. The second-order valence-electron chi connectivity index (χ2n) is 6.81. The molecule has 0 aromatic heterocycles. The number of nitrogens with zero attached hydrogens (tertiary/aromatic N) is 1. The van der Waals surface area contributed by atoms with Gasteiger partial charge in [0.2, 0.25) is 0 Å². The number of methoxy groups -OCH3 is 2. The molecule has 25 heavy (non-hydrogen) atoms. The number of amides is 1. The molecule has 1 aliphatic carbocycles. The van der Waals surface area contributed by atoms with E-state index in [0.29, 0.717) is 23.5 Å². The summed E-state index contributed by atoms with van der Waals surface area (Å²) in [4.78, 5) is 15.1. The van der Waals surface area contributed by atoms with E-state index in [9.17, 15) is 13.2 Å². The largest absolute Gasteiger partial charge is 0.497 e. The average Bonchev–Trinajstić information content (AvgIpc) is 3.24. The van der Waals surface area contributed by atoms with Crippen LogP contribution in [0.4, 0.5) is 0 Å². The van der Waals surface area contributed by atoms with Crippen molar-refractivity contribution in [3.8, 4) is 11.5 Å². The third-order valence-electron chi connectivity index (χ3n) is 5.15. The lowest BCUT2D eigenvalue weighted by Crippen LogP contribution is -2.46. The molecule has 0 N–H and O–H groups in total. The number of carbonyl (C=O) groups excluding carboxylic acids is 1. The molecule has 1 saturated carbocycles. The van der Waals surface area contributed by atoms with E-state index in [1.165, 1.54) is 0 Å². The van der Waals surface area contributed by atoms with Crippen molar-refractivity contribution in [1.29, 1.82) is 0 Å². The molecule has 2 fully saturated rings. The molecule has 1 saturated heterocycles. The molecule has 1 atom stereocenters. The van der Waals surface area contributed by atoms with Crippen molar-refractivity contribution in [1.82, 2.24) is 4.90 Å². The summed E-state index contributed by atoms with van der Waals surface area (Å²) >= 11 is 0. The van der Waals surface area contributed by atoms with Crippen molar-refractivity contribution in [3.63, 3.8) is 0 Å². The Morgan fingerprint density at radius 1 is 1.00 bits per heavy atom. The van der Waals surface area contributed by atoms with Gasteiger partial charge in [-0.15, -0.1) is 0 Å². The van der Waals surface area contributed by atoms with Gasteiger partial charge in [0.15, 0.2) is 9.84 Å². The fourth-order valence-corrected chi connectivity index (χ4v) is 5.60. The lowest BCUT2D eigenvalue weighted by molar-refractivity contribution is 0.0600. The minimum Gasteiger partial charge on any atom is -0.497 e. The molecule has 1 aliphatic heterocycles. The number of benzene rings is 1. The first-order chi connectivity index (χ1) is 11.9. The number of sulfone groups is 1. The van der Waals surface area contributed by atoms with E-state index in [1.54, 1.807) is 32.4 Å². The lowest BCUT2D eigenvalue weighted by atomic mass is 10.1. The molecule has 6 nitrogen and oxygen atoms in total. The first-order valence-corrected chi connectivity index (χ1v) is 10.5. The van der Waals surface area contributed by atoms with Crippen LogP contribution in [0.2, 0.25) is 0 Å². The molecule has 0 unspecified atom stereocenters. The van der Waals surface area contributed by atoms with Crippen molar-refractivity contribution in [2.45, 2.75) is 44.2 Å². The summed E-state index contributed by atoms with van der Waals surface area (Å²) in [6.07, 6.45) is 4.54. The molecule has 1 amide bonds. The highest BCUT2D eigenvalue weighted by atomic mass is 32.2. The summed E-state index contributed by atoms with van der Waals surface area (Å²) < 4.78 is 34.4. The van der Waals surface area contributed by atoms with Crippen LogP contribution in [0.1, 0.15) is 42.5 Å². The van der Waals surface area contributed by atoms with E-state index < -0.39 is 9.84 Å². The smallest absolute Gasteiger partial charge is 0.254 e. The van der Waals surface area contributed by atoms with E-state index in [0.717, 1.165) is 25.7 Å². The second-order valence-corrected chi connectivity index (χ2v) is 9.04. The van der Waals surface area contributed by atoms with E-state index in [-0.39, 0.29) is 29.5 Å². The van der Waals surface area contributed by atoms with E-state index in [1.807, 2.05) is 4.90 Å². The maximum atomic E-state index is 13.3. The normalized spacial score (nSPS) is 22.7. The summed E-state index contributed by atoms with van der Waals surface area (Å²) in [7, 11) is 0.0313. The minimum absolute atomic E-state index is 0.0658. The van der Waals surface area contributed by atoms with Gasteiger partial charge in [0.05, 0.1) is 25.7 Å². The Bertz CT molecular complexity index is 718. The molecule has 1 aromatic rings. The number of hydrogen-bond donors (Lipinski definition) is 0. The maximum absolute atomic E-state index is 13.3. The van der Waals surface area contributed by atoms with Gasteiger partial charge in [0, 0.05) is 23.7 Å². The quantitative estimate of drug-likeness (QED) is 0.798. The van der Waals surface area contributed by atoms with Crippen molar-refractivity contribution in [2.75, 3.05) is 25.7 Å². The summed E-state index contributed by atoms with van der Waals surface area (Å²) in [5.41, 5.74) is 0.479. The average molecular weight is 367 g/mol. The molecule has 1 heterocycles. The lowest BCUT2D eigenvalue weighted by Gasteiger charge is -2.34. The fraction of sp³-hybridized carbons (Fsp3) is 0.611. The third-order valence-corrected chi connectivity index (χ3v) is 6.90. The Labute approximate surface area is 149 Å². The molecule has 2 aliphatic rings. The summed E-state index contributed by atoms with van der Waals surface area (Å²) in [5, 5.41) is 0. The zero-order valence-electron chi connectivity index (χ0n) is 14.7. The maximum Gasteiger partial charge on any atom is 0.254 e. The minimum atomic E-state index is -3.05. The highest BCUT2D eigenvalue weighted by Gasteiger charge is 2.39. The van der Waals surface area contributed by atoms with Gasteiger partial charge in [0.25, 0.3) is 5.91 Å². The van der Waals surface area contributed by atoms with Crippen molar-refractivity contribution >= 4 is 15.7 Å². The second kappa shape index (κ2) is 7.23. The van der Waals surface area contributed by atoms with Gasteiger partial charge in [-0.3, -0.25) is 4.79 Å². The Morgan fingerprint density at radius 2 is 1.60 bits per heavy atom. The third kappa shape index (κ3) is 3.92. The number of rotatable bonds is 5. The van der Waals surface area contributed by atoms with Gasteiger partial charge in [-0.05, 0) is 31.4 Å². The number of ether oxygens (including phenoxy) is 2. The van der Waals surface area contributed by atoms with Crippen molar-refractivity contribution < 1.29 is 22.7 Å². The van der Waals surface area contributed by atoms with Crippen LogP contribution in [0.15, 0.2) is 18.2 Å². The highest BCUT2D eigenvalue weighted by Crippen LogP contribution is 2.32. The van der Waals surface area contributed by atoms with Crippen LogP contribution in [0.25, 0.3) is 0 Å². The molecule has 1 aromatic carbocycles. The van der Waals surface area contributed by atoms with Crippen LogP contribution < -0.4 is 9.47 Å². The predicted molar refractivity (Wildman–Crippen MR) is 95.0 cm³/mol. The summed E-state index contributed by atoms with van der Waals surface area (Å²) in [5.74, 6) is 1.19.